The molecule has 0 fully saturated rings. The zero-order chi connectivity index (χ0) is 13.5. The molecule has 1 rings (SSSR count). The van der Waals surface area contributed by atoms with Gasteiger partial charge in [-0.1, -0.05) is 19.9 Å². The summed E-state index contributed by atoms with van der Waals surface area (Å²) >= 11 is 0. The summed E-state index contributed by atoms with van der Waals surface area (Å²) in [5.41, 5.74) is 2.51. The fraction of sp³-hybridized carbons (Fsp3) is 0.500. The van der Waals surface area contributed by atoms with Crippen LogP contribution in [0, 0.1) is 6.92 Å². The Morgan fingerprint density at radius 3 is 2.61 bits per heavy atom. The predicted octanol–water partition coefficient (Wildman–Crippen LogP) is 2.60. The van der Waals surface area contributed by atoms with Crippen molar-refractivity contribution in [1.82, 2.24) is 0 Å². The van der Waals surface area contributed by atoms with Gasteiger partial charge in [0.05, 0.1) is 6.61 Å². The fourth-order valence-corrected chi connectivity index (χ4v) is 1.76. The molecule has 1 aromatic rings. The van der Waals surface area contributed by atoms with Crippen LogP contribution in [0.5, 0.6) is 5.75 Å². The van der Waals surface area contributed by atoms with Gasteiger partial charge in [0.15, 0.2) is 0 Å². The van der Waals surface area contributed by atoms with Crippen molar-refractivity contribution in [3.05, 3.63) is 29.3 Å². The highest BCUT2D eigenvalue weighted by Crippen LogP contribution is 2.23. The van der Waals surface area contributed by atoms with E-state index in [1.165, 1.54) is 11.1 Å². The molecule has 0 spiro atoms. The van der Waals surface area contributed by atoms with Crippen molar-refractivity contribution in [2.45, 2.75) is 26.7 Å². The topological polar surface area (TPSA) is 55.8 Å². The molecule has 0 radical (unpaired) electrons. The van der Waals surface area contributed by atoms with E-state index in [1.54, 1.807) is 0 Å². The molecule has 0 bridgehead atoms. The molecule has 0 saturated heterocycles. The summed E-state index contributed by atoms with van der Waals surface area (Å²) < 4.78 is 10.4. The number of hydrogen-bond donors (Lipinski definition) is 1. The Morgan fingerprint density at radius 2 is 2.06 bits per heavy atom. The molecule has 0 heterocycles. The van der Waals surface area contributed by atoms with Gasteiger partial charge < -0.3 is 14.6 Å². The van der Waals surface area contributed by atoms with Crippen LogP contribution in [0.15, 0.2) is 18.2 Å². The minimum Gasteiger partial charge on any atom is -0.491 e. The van der Waals surface area contributed by atoms with E-state index < -0.39 is 5.97 Å². The van der Waals surface area contributed by atoms with Crippen LogP contribution >= 0.6 is 0 Å². The van der Waals surface area contributed by atoms with Crippen LogP contribution in [0.1, 0.15) is 30.9 Å². The Labute approximate surface area is 108 Å². The van der Waals surface area contributed by atoms with Gasteiger partial charge in [-0.15, -0.1) is 0 Å². The lowest BCUT2D eigenvalue weighted by Crippen LogP contribution is -2.12. The Morgan fingerprint density at radius 1 is 1.33 bits per heavy atom. The second-order valence-electron chi connectivity index (χ2n) is 4.47. The SMILES string of the molecule is Cc1cc(OCCOCC(=O)O)ccc1C(C)C. The van der Waals surface area contributed by atoms with E-state index in [9.17, 15) is 4.79 Å². The first-order valence-electron chi connectivity index (χ1n) is 6.03. The summed E-state index contributed by atoms with van der Waals surface area (Å²) in [6.45, 7) is 6.72. The highest BCUT2D eigenvalue weighted by molar-refractivity contribution is 5.67. The first-order valence-corrected chi connectivity index (χ1v) is 6.03. The van der Waals surface area contributed by atoms with Crippen molar-refractivity contribution in [3.63, 3.8) is 0 Å². The monoisotopic (exact) mass is 252 g/mol. The molecule has 0 amide bonds. The molecular formula is C14H20O4. The Hall–Kier alpha value is -1.55. The smallest absolute Gasteiger partial charge is 0.329 e. The lowest BCUT2D eigenvalue weighted by atomic mass is 9.98. The molecule has 1 N–H and O–H groups in total. The van der Waals surface area contributed by atoms with Crippen LogP contribution in [-0.2, 0) is 9.53 Å². The van der Waals surface area contributed by atoms with Crippen molar-refractivity contribution in [1.29, 1.82) is 0 Å². The minimum absolute atomic E-state index is 0.275. The second kappa shape index (κ2) is 7.01. The molecule has 0 atom stereocenters. The highest BCUT2D eigenvalue weighted by atomic mass is 16.5. The summed E-state index contributed by atoms with van der Waals surface area (Å²) in [7, 11) is 0. The van der Waals surface area contributed by atoms with Gasteiger partial charge in [-0.05, 0) is 36.1 Å². The normalized spacial score (nSPS) is 10.7. The third kappa shape index (κ3) is 4.75. The molecule has 4 heteroatoms. The highest BCUT2D eigenvalue weighted by Gasteiger charge is 2.04. The average molecular weight is 252 g/mol. The van der Waals surface area contributed by atoms with Crippen molar-refractivity contribution in [2.24, 2.45) is 0 Å². The van der Waals surface area contributed by atoms with E-state index in [4.69, 9.17) is 14.6 Å². The number of ether oxygens (including phenoxy) is 2. The largest absolute Gasteiger partial charge is 0.491 e. The van der Waals surface area contributed by atoms with Crippen molar-refractivity contribution >= 4 is 5.97 Å². The van der Waals surface area contributed by atoms with E-state index in [1.807, 2.05) is 12.1 Å². The lowest BCUT2D eigenvalue weighted by Gasteiger charge is -2.12. The van der Waals surface area contributed by atoms with Crippen molar-refractivity contribution < 1.29 is 19.4 Å². The van der Waals surface area contributed by atoms with Crippen LogP contribution in [0.3, 0.4) is 0 Å². The van der Waals surface area contributed by atoms with Crippen molar-refractivity contribution in [3.8, 4) is 5.75 Å². The first-order chi connectivity index (χ1) is 8.50. The molecule has 0 aromatic heterocycles. The van der Waals surface area contributed by atoms with Gasteiger partial charge in [0, 0.05) is 0 Å². The quantitative estimate of drug-likeness (QED) is 0.758. The van der Waals surface area contributed by atoms with Gasteiger partial charge >= 0.3 is 5.97 Å². The summed E-state index contributed by atoms with van der Waals surface area (Å²) in [6.07, 6.45) is 0. The lowest BCUT2D eigenvalue weighted by molar-refractivity contribution is -0.142. The van der Waals surface area contributed by atoms with E-state index >= 15 is 0 Å². The summed E-state index contributed by atoms with van der Waals surface area (Å²) in [6, 6.07) is 5.99. The third-order valence-electron chi connectivity index (χ3n) is 2.59. The fourth-order valence-electron chi connectivity index (χ4n) is 1.76. The predicted molar refractivity (Wildman–Crippen MR) is 69.2 cm³/mol. The van der Waals surface area contributed by atoms with E-state index in [-0.39, 0.29) is 13.2 Å². The van der Waals surface area contributed by atoms with Gasteiger partial charge in [-0.25, -0.2) is 4.79 Å². The Balaban J connectivity index is 2.39. The van der Waals surface area contributed by atoms with E-state index in [2.05, 4.69) is 26.8 Å². The maximum absolute atomic E-state index is 10.2. The van der Waals surface area contributed by atoms with Crippen LogP contribution < -0.4 is 4.74 Å². The second-order valence-corrected chi connectivity index (χ2v) is 4.47. The third-order valence-corrected chi connectivity index (χ3v) is 2.59. The maximum atomic E-state index is 10.2. The Bertz CT molecular complexity index is 399. The number of hydrogen-bond acceptors (Lipinski definition) is 3. The van der Waals surface area contributed by atoms with Gasteiger partial charge in [-0.3, -0.25) is 0 Å². The summed E-state index contributed by atoms with van der Waals surface area (Å²) in [5.74, 6) is 0.320. The molecule has 0 aliphatic heterocycles. The molecule has 0 saturated carbocycles. The van der Waals surface area contributed by atoms with E-state index in [0.717, 1.165) is 5.75 Å². The summed E-state index contributed by atoms with van der Waals surface area (Å²) in [5, 5.41) is 8.38. The van der Waals surface area contributed by atoms with Crippen LogP contribution in [0.4, 0.5) is 0 Å². The zero-order valence-electron chi connectivity index (χ0n) is 11.1. The number of rotatable bonds is 7. The van der Waals surface area contributed by atoms with Crippen LogP contribution in [0.2, 0.25) is 0 Å². The summed E-state index contributed by atoms with van der Waals surface area (Å²) in [4.78, 5) is 10.2. The van der Waals surface area contributed by atoms with Crippen LogP contribution in [0.25, 0.3) is 0 Å². The van der Waals surface area contributed by atoms with Gasteiger partial charge in [0.1, 0.15) is 19.0 Å². The van der Waals surface area contributed by atoms with Crippen LogP contribution in [-0.4, -0.2) is 30.9 Å². The van der Waals surface area contributed by atoms with Crippen molar-refractivity contribution in [2.75, 3.05) is 19.8 Å². The maximum Gasteiger partial charge on any atom is 0.329 e. The molecule has 100 valence electrons. The molecule has 4 nitrogen and oxygen atoms in total. The zero-order valence-corrected chi connectivity index (χ0v) is 11.1. The van der Waals surface area contributed by atoms with Gasteiger partial charge in [0.2, 0.25) is 0 Å². The number of aliphatic carboxylic acids is 1. The number of carboxylic acid groups (broad SMARTS) is 1. The number of benzene rings is 1. The Kier molecular flexibility index (Phi) is 5.65. The average Bonchev–Trinajstić information content (AvgIpc) is 2.27. The number of carboxylic acids is 1. The minimum atomic E-state index is -0.966. The molecule has 0 aliphatic carbocycles. The molecule has 18 heavy (non-hydrogen) atoms. The standard InChI is InChI=1S/C14H20O4/c1-10(2)13-5-4-12(8-11(13)3)18-7-6-17-9-14(15)16/h4-5,8,10H,6-7,9H2,1-3H3,(H,15,16). The molecule has 0 unspecified atom stereocenters. The van der Waals surface area contributed by atoms with Gasteiger partial charge in [0.25, 0.3) is 0 Å². The van der Waals surface area contributed by atoms with E-state index in [0.29, 0.717) is 12.5 Å². The molecule has 0 aliphatic rings. The van der Waals surface area contributed by atoms with Gasteiger partial charge in [-0.2, -0.15) is 0 Å². The molecule has 1 aromatic carbocycles. The first kappa shape index (κ1) is 14.5. The molecular weight excluding hydrogens is 232 g/mol. The number of carbonyl (C=O) groups is 1. The number of aryl methyl sites for hydroxylation is 1.